The first-order valence-electron chi connectivity index (χ1n) is 6.22. The maximum absolute atomic E-state index is 11.0. The zero-order valence-corrected chi connectivity index (χ0v) is 12.3. The van der Waals surface area contributed by atoms with E-state index in [4.69, 9.17) is 15.3 Å². The van der Waals surface area contributed by atoms with Crippen LogP contribution in [0.3, 0.4) is 0 Å². The topological polar surface area (TPSA) is 90.7 Å². The van der Waals surface area contributed by atoms with Crippen LogP contribution >= 0.6 is 0 Å². The highest BCUT2D eigenvalue weighted by Gasteiger charge is 2.14. The van der Waals surface area contributed by atoms with Crippen LogP contribution in [0.2, 0.25) is 0 Å². The average molecular weight is 282 g/mol. The second-order valence-corrected chi connectivity index (χ2v) is 4.73. The van der Waals surface area contributed by atoms with Gasteiger partial charge in [-0.25, -0.2) is 15.4 Å². The van der Waals surface area contributed by atoms with Crippen molar-refractivity contribution in [2.24, 2.45) is 5.84 Å². The fourth-order valence-electron chi connectivity index (χ4n) is 1.10. The first kappa shape index (κ1) is 17.9. The second kappa shape index (κ2) is 8.92. The Morgan fingerprint density at radius 2 is 1.75 bits per heavy atom. The molecule has 0 unspecified atom stereocenters. The quantitative estimate of drug-likeness (QED) is 0.376. The second-order valence-electron chi connectivity index (χ2n) is 4.73. The molecule has 112 valence electrons. The van der Waals surface area contributed by atoms with Crippen molar-refractivity contribution >= 4 is 12.1 Å². The number of ether oxygens (including phenoxy) is 2. The minimum atomic E-state index is -0.609. The maximum Gasteiger partial charge on any atom is 0.421 e. The van der Waals surface area contributed by atoms with Crippen LogP contribution in [-0.4, -0.2) is 24.3 Å². The van der Waals surface area contributed by atoms with Crippen molar-refractivity contribution < 1.29 is 19.1 Å². The number of esters is 1. The van der Waals surface area contributed by atoms with Gasteiger partial charge in [-0.3, -0.25) is 5.43 Å². The summed E-state index contributed by atoms with van der Waals surface area (Å²) in [5, 5.41) is 0. The largest absolute Gasteiger partial charge is 0.462 e. The molecule has 0 aliphatic rings. The standard InChI is InChI=1S/C9H10O2.C5H12N2O2/c1-2-11-9(10)8-6-4-3-5-7-8;1-5(2,3)9-4(8)7-6/h3-7H,2H2,1H3;6H2,1-3H3,(H,7,8). The number of nitrogens with one attached hydrogen (secondary N) is 1. The number of amides is 1. The molecule has 3 N–H and O–H groups in total. The number of carbonyl (C=O) groups is 2. The third-order valence-corrected chi connectivity index (χ3v) is 1.80. The molecule has 0 spiro atoms. The maximum atomic E-state index is 11.0. The van der Waals surface area contributed by atoms with Crippen molar-refractivity contribution in [2.75, 3.05) is 6.61 Å². The molecule has 0 heterocycles. The summed E-state index contributed by atoms with van der Waals surface area (Å²) in [6.45, 7) is 7.52. The number of benzene rings is 1. The highest BCUT2D eigenvalue weighted by molar-refractivity contribution is 5.89. The Hall–Kier alpha value is -2.08. The van der Waals surface area contributed by atoms with E-state index in [1.807, 2.05) is 23.6 Å². The summed E-state index contributed by atoms with van der Waals surface area (Å²) in [7, 11) is 0. The summed E-state index contributed by atoms with van der Waals surface area (Å²) in [6.07, 6.45) is -0.609. The van der Waals surface area contributed by atoms with Crippen molar-refractivity contribution in [2.45, 2.75) is 33.3 Å². The minimum absolute atomic E-state index is 0.256. The molecule has 6 heteroatoms. The molecule has 0 aliphatic carbocycles. The molecule has 6 nitrogen and oxygen atoms in total. The van der Waals surface area contributed by atoms with Gasteiger partial charge in [-0.1, -0.05) is 18.2 Å². The summed E-state index contributed by atoms with van der Waals surface area (Å²) in [5.74, 6) is 4.50. The van der Waals surface area contributed by atoms with Crippen LogP contribution in [0, 0.1) is 0 Å². The molecule has 1 aromatic rings. The molecular weight excluding hydrogens is 260 g/mol. The summed E-state index contributed by atoms with van der Waals surface area (Å²) in [5.41, 5.74) is 2.00. The molecule has 0 atom stereocenters. The Labute approximate surface area is 119 Å². The van der Waals surface area contributed by atoms with Crippen molar-refractivity contribution in [3.05, 3.63) is 35.9 Å². The predicted molar refractivity (Wildman–Crippen MR) is 76.0 cm³/mol. The van der Waals surface area contributed by atoms with Crippen molar-refractivity contribution in [3.8, 4) is 0 Å². The van der Waals surface area contributed by atoms with E-state index in [1.165, 1.54) is 0 Å². The summed E-state index contributed by atoms with van der Waals surface area (Å²) in [6, 6.07) is 8.96. The van der Waals surface area contributed by atoms with E-state index in [1.54, 1.807) is 39.8 Å². The molecule has 0 radical (unpaired) electrons. The Kier molecular flexibility index (Phi) is 8.00. The van der Waals surface area contributed by atoms with Gasteiger partial charge in [-0.05, 0) is 39.8 Å². The highest BCUT2D eigenvalue weighted by atomic mass is 16.6. The van der Waals surface area contributed by atoms with Gasteiger partial charge in [0.1, 0.15) is 5.60 Å². The van der Waals surface area contributed by atoms with Gasteiger partial charge in [0.25, 0.3) is 0 Å². The Morgan fingerprint density at radius 3 is 2.10 bits per heavy atom. The summed E-state index contributed by atoms with van der Waals surface area (Å²) >= 11 is 0. The molecule has 1 aromatic carbocycles. The molecule has 0 fully saturated rings. The van der Waals surface area contributed by atoms with Crippen molar-refractivity contribution in [1.82, 2.24) is 5.43 Å². The number of hydrogen-bond acceptors (Lipinski definition) is 5. The lowest BCUT2D eigenvalue weighted by molar-refractivity contribution is 0.0516. The number of nitrogens with two attached hydrogens (primary N) is 1. The van der Waals surface area contributed by atoms with E-state index in [0.29, 0.717) is 12.2 Å². The highest BCUT2D eigenvalue weighted by Crippen LogP contribution is 2.05. The van der Waals surface area contributed by atoms with Gasteiger partial charge < -0.3 is 9.47 Å². The molecular formula is C14H22N2O4. The molecule has 0 saturated heterocycles. The van der Waals surface area contributed by atoms with E-state index in [2.05, 4.69) is 0 Å². The zero-order valence-electron chi connectivity index (χ0n) is 12.3. The van der Waals surface area contributed by atoms with Gasteiger partial charge in [0.2, 0.25) is 0 Å². The van der Waals surface area contributed by atoms with E-state index in [9.17, 15) is 9.59 Å². The summed E-state index contributed by atoms with van der Waals surface area (Å²) in [4.78, 5) is 21.4. The Balaban J connectivity index is 0.000000370. The van der Waals surface area contributed by atoms with Gasteiger partial charge in [-0.15, -0.1) is 0 Å². The lowest BCUT2D eigenvalue weighted by Gasteiger charge is -2.18. The minimum Gasteiger partial charge on any atom is -0.462 e. The first-order valence-corrected chi connectivity index (χ1v) is 6.22. The van der Waals surface area contributed by atoms with Crippen molar-refractivity contribution in [1.29, 1.82) is 0 Å². The van der Waals surface area contributed by atoms with Crippen LogP contribution in [0.15, 0.2) is 30.3 Å². The fourth-order valence-corrected chi connectivity index (χ4v) is 1.10. The number of hydrazine groups is 1. The lowest BCUT2D eigenvalue weighted by atomic mass is 10.2. The lowest BCUT2D eigenvalue weighted by Crippen LogP contribution is -2.36. The number of carbonyl (C=O) groups excluding carboxylic acids is 2. The van der Waals surface area contributed by atoms with E-state index < -0.39 is 11.7 Å². The molecule has 0 bridgehead atoms. The average Bonchev–Trinajstić information content (AvgIpc) is 2.39. The van der Waals surface area contributed by atoms with E-state index in [-0.39, 0.29) is 5.97 Å². The molecule has 0 saturated carbocycles. The number of hydrogen-bond donors (Lipinski definition) is 2. The Morgan fingerprint density at radius 1 is 1.20 bits per heavy atom. The zero-order chi connectivity index (χ0) is 15.6. The third-order valence-electron chi connectivity index (χ3n) is 1.80. The molecule has 1 amide bonds. The van der Waals surface area contributed by atoms with E-state index >= 15 is 0 Å². The van der Waals surface area contributed by atoms with Crippen LogP contribution in [0.25, 0.3) is 0 Å². The normalized spacial score (nSPS) is 9.85. The van der Waals surface area contributed by atoms with Crippen molar-refractivity contribution in [3.63, 3.8) is 0 Å². The monoisotopic (exact) mass is 282 g/mol. The summed E-state index contributed by atoms with van der Waals surface area (Å²) < 4.78 is 9.50. The first-order chi connectivity index (χ1) is 9.30. The third kappa shape index (κ3) is 8.93. The van der Waals surface area contributed by atoms with Crippen LogP contribution < -0.4 is 11.3 Å². The number of rotatable bonds is 2. The van der Waals surface area contributed by atoms with Gasteiger partial charge in [0.15, 0.2) is 0 Å². The van der Waals surface area contributed by atoms with Gasteiger partial charge in [-0.2, -0.15) is 0 Å². The van der Waals surface area contributed by atoms with Crippen LogP contribution in [-0.2, 0) is 9.47 Å². The van der Waals surface area contributed by atoms with Crippen LogP contribution in [0.5, 0.6) is 0 Å². The van der Waals surface area contributed by atoms with E-state index in [0.717, 1.165) is 0 Å². The van der Waals surface area contributed by atoms with Gasteiger partial charge >= 0.3 is 12.1 Å². The van der Waals surface area contributed by atoms with Gasteiger partial charge in [0.05, 0.1) is 12.2 Å². The molecule has 20 heavy (non-hydrogen) atoms. The SMILES string of the molecule is CC(C)(C)OC(=O)NN.CCOC(=O)c1ccccc1. The fraction of sp³-hybridized carbons (Fsp3) is 0.429. The Bertz CT molecular complexity index is 413. The smallest absolute Gasteiger partial charge is 0.421 e. The molecule has 0 aliphatic heterocycles. The van der Waals surface area contributed by atoms with Crippen LogP contribution in [0.4, 0.5) is 4.79 Å². The molecule has 1 rings (SSSR count). The van der Waals surface area contributed by atoms with Gasteiger partial charge in [0, 0.05) is 0 Å². The molecule has 0 aromatic heterocycles. The van der Waals surface area contributed by atoms with Crippen LogP contribution in [0.1, 0.15) is 38.1 Å². The predicted octanol–water partition coefficient (Wildman–Crippen LogP) is 2.25.